The van der Waals surface area contributed by atoms with Gasteiger partial charge < -0.3 is 5.11 Å². The summed E-state index contributed by atoms with van der Waals surface area (Å²) in [4.78, 5) is 4.08. The van der Waals surface area contributed by atoms with Gasteiger partial charge in [-0.25, -0.2) is 0 Å². The molecular formula is C7H13NO. The van der Waals surface area contributed by atoms with Crippen LogP contribution >= 0.6 is 0 Å². The van der Waals surface area contributed by atoms with E-state index < -0.39 is 0 Å². The van der Waals surface area contributed by atoms with Crippen molar-refractivity contribution in [1.29, 1.82) is 0 Å². The Morgan fingerprint density at radius 1 is 1.67 bits per heavy atom. The van der Waals surface area contributed by atoms with Crippen LogP contribution in [-0.4, -0.2) is 24.0 Å². The lowest BCUT2D eigenvalue weighted by atomic mass is 10.1. The van der Waals surface area contributed by atoms with Gasteiger partial charge in [-0.3, -0.25) is 4.99 Å². The zero-order valence-electron chi connectivity index (χ0n) is 5.96. The van der Waals surface area contributed by atoms with E-state index in [1.165, 1.54) is 5.71 Å². The molecule has 1 rings (SSSR count). The van der Waals surface area contributed by atoms with Crippen LogP contribution in [0.25, 0.3) is 0 Å². The molecule has 0 aromatic heterocycles. The van der Waals surface area contributed by atoms with Crippen molar-refractivity contribution in [3.05, 3.63) is 0 Å². The van der Waals surface area contributed by atoms with Crippen LogP contribution in [0.2, 0.25) is 0 Å². The lowest BCUT2D eigenvalue weighted by Crippen LogP contribution is -2.14. The second kappa shape index (κ2) is 2.48. The zero-order valence-corrected chi connectivity index (χ0v) is 5.96. The lowest BCUT2D eigenvalue weighted by molar-refractivity contribution is 0.154. The molecular weight excluding hydrogens is 114 g/mol. The van der Waals surface area contributed by atoms with Crippen molar-refractivity contribution in [3.63, 3.8) is 0 Å². The first-order chi connectivity index (χ1) is 4.25. The number of hydrogen-bond donors (Lipinski definition) is 1. The van der Waals surface area contributed by atoms with Crippen LogP contribution in [0.4, 0.5) is 0 Å². The number of aliphatic imine (C=N–C) groups is 1. The number of aliphatic hydroxyl groups is 1. The molecule has 2 atom stereocenters. The quantitative estimate of drug-likeness (QED) is 0.514. The van der Waals surface area contributed by atoms with Crippen LogP contribution in [0.15, 0.2) is 4.99 Å². The van der Waals surface area contributed by atoms with Crippen LogP contribution < -0.4 is 0 Å². The minimum atomic E-state index is -0.135. The highest BCUT2D eigenvalue weighted by Gasteiger charge is 2.26. The first-order valence-electron chi connectivity index (χ1n) is 3.39. The molecule has 1 N–H and O–H groups in total. The summed E-state index contributed by atoms with van der Waals surface area (Å²) in [6.45, 7) is 2.03. The Morgan fingerprint density at radius 3 is 2.56 bits per heavy atom. The first kappa shape index (κ1) is 6.75. The van der Waals surface area contributed by atoms with Gasteiger partial charge in [0.15, 0.2) is 0 Å². The van der Waals surface area contributed by atoms with Crippen LogP contribution in [0, 0.1) is 5.92 Å². The molecule has 52 valence electrons. The van der Waals surface area contributed by atoms with Crippen molar-refractivity contribution in [2.24, 2.45) is 10.9 Å². The maximum absolute atomic E-state index is 9.22. The average Bonchev–Trinajstić information content (AvgIpc) is 2.15. The summed E-state index contributed by atoms with van der Waals surface area (Å²) in [5.74, 6) is 0.301. The van der Waals surface area contributed by atoms with Gasteiger partial charge in [-0.15, -0.1) is 0 Å². The topological polar surface area (TPSA) is 32.6 Å². The molecule has 0 spiro atoms. The first-order valence-corrected chi connectivity index (χ1v) is 3.39. The van der Waals surface area contributed by atoms with Crippen LogP contribution in [0.5, 0.6) is 0 Å². The Morgan fingerprint density at radius 2 is 2.33 bits per heavy atom. The summed E-state index contributed by atoms with van der Waals surface area (Å²) in [5, 5.41) is 9.22. The molecule has 2 unspecified atom stereocenters. The van der Waals surface area contributed by atoms with Crippen molar-refractivity contribution >= 4 is 5.71 Å². The molecule has 0 aromatic rings. The van der Waals surface area contributed by atoms with Gasteiger partial charge in [0.1, 0.15) is 0 Å². The van der Waals surface area contributed by atoms with Gasteiger partial charge in [0, 0.05) is 18.7 Å². The second-order valence-corrected chi connectivity index (χ2v) is 2.61. The minimum absolute atomic E-state index is 0.135. The van der Waals surface area contributed by atoms with E-state index in [-0.39, 0.29) is 6.10 Å². The Bertz CT molecular complexity index is 131. The fourth-order valence-electron chi connectivity index (χ4n) is 1.31. The molecule has 1 aliphatic carbocycles. The lowest BCUT2D eigenvalue weighted by Gasteiger charge is -2.06. The Hall–Kier alpha value is -0.370. The molecule has 1 fully saturated rings. The molecule has 1 aliphatic rings. The van der Waals surface area contributed by atoms with E-state index in [2.05, 4.69) is 4.99 Å². The standard InChI is InChI=1S/C7H13NO/c1-5-6(8-2)3-4-7(5)9/h5,7,9H,3-4H2,1-2H3. The van der Waals surface area contributed by atoms with Gasteiger partial charge in [0.25, 0.3) is 0 Å². The number of aliphatic hydroxyl groups excluding tert-OH is 1. The highest BCUT2D eigenvalue weighted by Crippen LogP contribution is 2.22. The fraction of sp³-hybridized carbons (Fsp3) is 0.857. The van der Waals surface area contributed by atoms with E-state index >= 15 is 0 Å². The van der Waals surface area contributed by atoms with Gasteiger partial charge in [0.05, 0.1) is 6.10 Å². The number of hydrogen-bond acceptors (Lipinski definition) is 2. The van der Waals surface area contributed by atoms with Crippen molar-refractivity contribution < 1.29 is 5.11 Å². The highest BCUT2D eigenvalue weighted by atomic mass is 16.3. The summed E-state index contributed by atoms with van der Waals surface area (Å²) in [6, 6.07) is 0. The molecule has 0 saturated heterocycles. The largest absolute Gasteiger partial charge is 0.392 e. The maximum atomic E-state index is 9.22. The normalized spacial score (nSPS) is 40.1. The molecule has 0 aromatic carbocycles. The summed E-state index contributed by atoms with van der Waals surface area (Å²) in [5.41, 5.74) is 1.17. The van der Waals surface area contributed by atoms with E-state index in [0.29, 0.717) is 5.92 Å². The van der Waals surface area contributed by atoms with E-state index in [0.717, 1.165) is 12.8 Å². The SMILES string of the molecule is CN=C1CCC(O)C1C. The molecule has 0 aliphatic heterocycles. The molecule has 0 heterocycles. The molecule has 9 heavy (non-hydrogen) atoms. The van der Waals surface area contributed by atoms with Crippen molar-refractivity contribution in [2.45, 2.75) is 25.9 Å². The fourth-order valence-corrected chi connectivity index (χ4v) is 1.31. The van der Waals surface area contributed by atoms with Gasteiger partial charge in [-0.1, -0.05) is 6.92 Å². The van der Waals surface area contributed by atoms with Crippen molar-refractivity contribution in [1.82, 2.24) is 0 Å². The third-order valence-corrected chi connectivity index (χ3v) is 2.09. The Kier molecular flexibility index (Phi) is 1.86. The Labute approximate surface area is 55.6 Å². The third-order valence-electron chi connectivity index (χ3n) is 2.09. The maximum Gasteiger partial charge on any atom is 0.0621 e. The van der Waals surface area contributed by atoms with Gasteiger partial charge in [0.2, 0.25) is 0 Å². The zero-order chi connectivity index (χ0) is 6.85. The third kappa shape index (κ3) is 1.13. The monoisotopic (exact) mass is 127 g/mol. The summed E-state index contributed by atoms with van der Waals surface area (Å²) >= 11 is 0. The van der Waals surface area contributed by atoms with Gasteiger partial charge in [-0.05, 0) is 12.8 Å². The summed E-state index contributed by atoms with van der Waals surface area (Å²) in [6.07, 6.45) is 1.75. The second-order valence-electron chi connectivity index (χ2n) is 2.61. The van der Waals surface area contributed by atoms with E-state index in [4.69, 9.17) is 0 Å². The van der Waals surface area contributed by atoms with Crippen LogP contribution in [-0.2, 0) is 0 Å². The molecule has 0 bridgehead atoms. The van der Waals surface area contributed by atoms with Gasteiger partial charge >= 0.3 is 0 Å². The summed E-state index contributed by atoms with van der Waals surface area (Å²) in [7, 11) is 1.80. The molecule has 2 heteroatoms. The van der Waals surface area contributed by atoms with E-state index in [1.54, 1.807) is 7.05 Å². The molecule has 2 nitrogen and oxygen atoms in total. The number of nitrogens with zero attached hydrogens (tertiary/aromatic N) is 1. The van der Waals surface area contributed by atoms with Gasteiger partial charge in [-0.2, -0.15) is 0 Å². The average molecular weight is 127 g/mol. The predicted molar refractivity (Wildman–Crippen MR) is 37.8 cm³/mol. The Balaban J connectivity index is 2.62. The van der Waals surface area contributed by atoms with Crippen LogP contribution in [0.1, 0.15) is 19.8 Å². The van der Waals surface area contributed by atoms with E-state index in [1.807, 2.05) is 6.92 Å². The summed E-state index contributed by atoms with van der Waals surface area (Å²) < 4.78 is 0. The van der Waals surface area contributed by atoms with E-state index in [9.17, 15) is 5.11 Å². The molecule has 0 radical (unpaired) electrons. The minimum Gasteiger partial charge on any atom is -0.392 e. The van der Waals surface area contributed by atoms with Crippen molar-refractivity contribution in [3.8, 4) is 0 Å². The smallest absolute Gasteiger partial charge is 0.0621 e. The highest BCUT2D eigenvalue weighted by molar-refractivity contribution is 5.88. The van der Waals surface area contributed by atoms with Crippen molar-refractivity contribution in [2.75, 3.05) is 7.05 Å². The predicted octanol–water partition coefficient (Wildman–Crippen LogP) is 0.848. The van der Waals surface area contributed by atoms with Crippen LogP contribution in [0.3, 0.4) is 0 Å². The molecule has 1 saturated carbocycles. The molecule has 0 amide bonds. The number of rotatable bonds is 0.